The van der Waals surface area contributed by atoms with Gasteiger partial charge in [-0.3, -0.25) is 4.79 Å². The molecule has 1 amide bonds. The lowest BCUT2D eigenvalue weighted by molar-refractivity contribution is 0.103. The third-order valence-electron chi connectivity index (χ3n) is 4.17. The summed E-state index contributed by atoms with van der Waals surface area (Å²) >= 11 is 13.6. The van der Waals surface area contributed by atoms with Gasteiger partial charge < -0.3 is 15.1 Å². The number of amides is 1. The highest BCUT2D eigenvalue weighted by Gasteiger charge is 2.21. The molecule has 0 bridgehead atoms. The van der Waals surface area contributed by atoms with Crippen LogP contribution in [0.5, 0.6) is 0 Å². The predicted octanol–water partition coefficient (Wildman–Crippen LogP) is 4.45. The molecule has 2 aromatic rings. The third-order valence-corrected chi connectivity index (χ3v) is 5.70. The van der Waals surface area contributed by atoms with Gasteiger partial charge in [0.25, 0.3) is 5.91 Å². The van der Waals surface area contributed by atoms with Crippen LogP contribution in [-0.4, -0.2) is 43.5 Å². The fraction of sp³-hybridized carbons (Fsp3) is 0.353. The number of anilines is 2. The summed E-state index contributed by atoms with van der Waals surface area (Å²) in [6.45, 7) is 7.00. The molecule has 128 valence electrons. The topological polar surface area (TPSA) is 35.6 Å². The lowest BCUT2D eigenvalue weighted by atomic mass is 10.2. The van der Waals surface area contributed by atoms with E-state index in [9.17, 15) is 4.79 Å². The Morgan fingerprint density at radius 1 is 1.17 bits per heavy atom. The van der Waals surface area contributed by atoms with Gasteiger partial charge in [-0.1, -0.05) is 36.2 Å². The first kappa shape index (κ1) is 17.5. The molecule has 0 saturated carbocycles. The molecule has 4 nitrogen and oxygen atoms in total. The molecule has 7 heteroatoms. The molecule has 3 rings (SSSR count). The minimum Gasteiger partial charge on any atom is -0.366 e. The molecule has 1 aliphatic heterocycles. The second-order valence-corrected chi connectivity index (χ2v) is 7.74. The number of hydrogen-bond acceptors (Lipinski definition) is 4. The van der Waals surface area contributed by atoms with E-state index in [0.29, 0.717) is 14.2 Å². The highest BCUT2D eigenvalue weighted by molar-refractivity contribution is 7.18. The number of thiophene rings is 1. The van der Waals surface area contributed by atoms with E-state index < -0.39 is 0 Å². The highest BCUT2D eigenvalue weighted by Crippen LogP contribution is 2.35. The highest BCUT2D eigenvalue weighted by atomic mass is 35.5. The number of carbonyl (C=O) groups excluding carboxylic acids is 1. The maximum absolute atomic E-state index is 12.4. The van der Waals surface area contributed by atoms with Gasteiger partial charge in [-0.2, -0.15) is 0 Å². The van der Waals surface area contributed by atoms with E-state index in [4.69, 9.17) is 23.2 Å². The summed E-state index contributed by atoms with van der Waals surface area (Å²) < 4.78 is 0.599. The molecule has 0 radical (unpaired) electrons. The summed E-state index contributed by atoms with van der Waals surface area (Å²) in [6, 6.07) is 9.06. The molecular weight excluding hydrogens is 365 g/mol. The normalized spacial score (nSPS) is 15.5. The zero-order chi connectivity index (χ0) is 17.1. The number of halogens is 2. The molecular formula is C17H19Cl2N3OS. The summed E-state index contributed by atoms with van der Waals surface area (Å²) in [6.07, 6.45) is 0. The van der Waals surface area contributed by atoms with Crippen LogP contribution in [0.2, 0.25) is 9.36 Å². The molecule has 0 atom stereocenters. The van der Waals surface area contributed by atoms with Crippen molar-refractivity contribution >= 4 is 51.8 Å². The molecule has 0 unspecified atom stereocenters. The van der Waals surface area contributed by atoms with Crippen LogP contribution in [0.15, 0.2) is 30.3 Å². The van der Waals surface area contributed by atoms with Gasteiger partial charge in [0.15, 0.2) is 0 Å². The second-order valence-electron chi connectivity index (χ2n) is 5.62. The number of carbonyl (C=O) groups is 1. The van der Waals surface area contributed by atoms with E-state index in [2.05, 4.69) is 22.0 Å². The average Bonchev–Trinajstić information content (AvgIpc) is 3.02. The molecule has 1 aromatic carbocycles. The van der Waals surface area contributed by atoms with Crippen molar-refractivity contribution in [2.45, 2.75) is 6.92 Å². The standard InChI is InChI=1S/C17H19Cl2N3OS/c1-2-21-8-10-22(11-9-21)16-12(18)4-3-5-13(16)20-17(23)14-6-7-15(19)24-14/h3-7H,2,8-11H2,1H3,(H,20,23). The Kier molecular flexibility index (Phi) is 5.66. The van der Waals surface area contributed by atoms with Gasteiger partial charge in [-0.25, -0.2) is 0 Å². The van der Waals surface area contributed by atoms with Crippen molar-refractivity contribution < 1.29 is 4.79 Å². The first-order chi connectivity index (χ1) is 11.6. The summed E-state index contributed by atoms with van der Waals surface area (Å²) in [5.74, 6) is -0.164. The number of hydrogen-bond donors (Lipinski definition) is 1. The van der Waals surface area contributed by atoms with Crippen molar-refractivity contribution in [2.75, 3.05) is 42.9 Å². The van der Waals surface area contributed by atoms with E-state index in [1.54, 1.807) is 12.1 Å². The first-order valence-electron chi connectivity index (χ1n) is 7.91. The monoisotopic (exact) mass is 383 g/mol. The Balaban J connectivity index is 1.81. The summed E-state index contributed by atoms with van der Waals surface area (Å²) in [5.41, 5.74) is 1.63. The smallest absolute Gasteiger partial charge is 0.265 e. The first-order valence-corrected chi connectivity index (χ1v) is 9.48. The molecule has 1 saturated heterocycles. The van der Waals surface area contributed by atoms with Crippen LogP contribution in [-0.2, 0) is 0 Å². The number of likely N-dealkylation sites (N-methyl/N-ethyl adjacent to an activating group) is 1. The van der Waals surface area contributed by atoms with Crippen LogP contribution in [0.25, 0.3) is 0 Å². The molecule has 1 fully saturated rings. The van der Waals surface area contributed by atoms with Crippen LogP contribution >= 0.6 is 34.5 Å². The molecule has 1 aliphatic rings. The zero-order valence-corrected chi connectivity index (χ0v) is 15.7. The SMILES string of the molecule is CCN1CCN(c2c(Cl)cccc2NC(=O)c2ccc(Cl)s2)CC1. The van der Waals surface area contributed by atoms with Gasteiger partial charge in [0.05, 0.1) is 25.6 Å². The molecule has 2 heterocycles. The number of nitrogens with one attached hydrogen (secondary N) is 1. The van der Waals surface area contributed by atoms with E-state index in [0.717, 1.165) is 44.1 Å². The Morgan fingerprint density at radius 2 is 1.92 bits per heavy atom. The maximum atomic E-state index is 12.4. The predicted molar refractivity (Wildman–Crippen MR) is 103 cm³/mol. The summed E-state index contributed by atoms with van der Waals surface area (Å²) in [4.78, 5) is 17.7. The number of para-hydroxylation sites is 1. The summed E-state index contributed by atoms with van der Waals surface area (Å²) in [7, 11) is 0. The number of rotatable bonds is 4. The lowest BCUT2D eigenvalue weighted by Crippen LogP contribution is -2.46. The Hall–Kier alpha value is -1.27. The van der Waals surface area contributed by atoms with Gasteiger partial charge in [-0.05, 0) is 30.8 Å². The number of benzene rings is 1. The van der Waals surface area contributed by atoms with E-state index >= 15 is 0 Å². The summed E-state index contributed by atoms with van der Waals surface area (Å²) in [5, 5.41) is 3.63. The molecule has 1 N–H and O–H groups in total. The fourth-order valence-electron chi connectivity index (χ4n) is 2.85. The molecule has 0 aliphatic carbocycles. The fourth-order valence-corrected chi connectivity index (χ4v) is 4.08. The van der Waals surface area contributed by atoms with E-state index in [1.807, 2.05) is 18.2 Å². The van der Waals surface area contributed by atoms with Crippen molar-refractivity contribution in [1.29, 1.82) is 0 Å². The Bertz CT molecular complexity index is 726. The molecule has 0 spiro atoms. The van der Waals surface area contributed by atoms with Crippen LogP contribution in [0, 0.1) is 0 Å². The van der Waals surface area contributed by atoms with Gasteiger partial charge in [0.2, 0.25) is 0 Å². The van der Waals surface area contributed by atoms with Crippen LogP contribution in [0.1, 0.15) is 16.6 Å². The van der Waals surface area contributed by atoms with Gasteiger partial charge in [0, 0.05) is 26.2 Å². The van der Waals surface area contributed by atoms with Gasteiger partial charge in [-0.15, -0.1) is 11.3 Å². The van der Waals surface area contributed by atoms with Crippen LogP contribution in [0.3, 0.4) is 0 Å². The van der Waals surface area contributed by atoms with Crippen molar-refractivity contribution in [3.8, 4) is 0 Å². The van der Waals surface area contributed by atoms with Gasteiger partial charge in [0.1, 0.15) is 0 Å². The van der Waals surface area contributed by atoms with E-state index in [1.165, 1.54) is 11.3 Å². The Labute approximate surface area is 156 Å². The van der Waals surface area contributed by atoms with Crippen molar-refractivity contribution in [2.24, 2.45) is 0 Å². The maximum Gasteiger partial charge on any atom is 0.265 e. The molecule has 24 heavy (non-hydrogen) atoms. The molecule has 1 aromatic heterocycles. The van der Waals surface area contributed by atoms with E-state index in [-0.39, 0.29) is 5.91 Å². The lowest BCUT2D eigenvalue weighted by Gasteiger charge is -2.36. The largest absolute Gasteiger partial charge is 0.366 e. The van der Waals surface area contributed by atoms with Crippen LogP contribution in [0.4, 0.5) is 11.4 Å². The number of nitrogens with zero attached hydrogens (tertiary/aromatic N) is 2. The minimum atomic E-state index is -0.164. The average molecular weight is 384 g/mol. The third kappa shape index (κ3) is 3.86. The number of piperazine rings is 1. The van der Waals surface area contributed by atoms with Crippen LogP contribution < -0.4 is 10.2 Å². The minimum absolute atomic E-state index is 0.164. The second kappa shape index (κ2) is 7.74. The van der Waals surface area contributed by atoms with Crippen molar-refractivity contribution in [3.63, 3.8) is 0 Å². The zero-order valence-electron chi connectivity index (χ0n) is 13.4. The van der Waals surface area contributed by atoms with Crippen molar-refractivity contribution in [3.05, 3.63) is 44.6 Å². The quantitative estimate of drug-likeness (QED) is 0.846. The van der Waals surface area contributed by atoms with Gasteiger partial charge >= 0.3 is 0 Å². The Morgan fingerprint density at radius 3 is 2.54 bits per heavy atom. The van der Waals surface area contributed by atoms with Crippen molar-refractivity contribution in [1.82, 2.24) is 4.90 Å².